The number of non-ortho nitro benzene ring substituents is 1. The normalized spacial score (nSPS) is 13.0. The van der Waals surface area contributed by atoms with Gasteiger partial charge in [0.25, 0.3) is 5.69 Å². The second-order valence-corrected chi connectivity index (χ2v) is 8.16. The Hall–Kier alpha value is -3.63. The van der Waals surface area contributed by atoms with Crippen LogP contribution in [0.2, 0.25) is 10.0 Å². The minimum Gasteiger partial charge on any atom is -0.495 e. The molecule has 4 rings (SSSR count). The third-order valence-electron chi connectivity index (χ3n) is 5.29. The van der Waals surface area contributed by atoms with E-state index in [-0.39, 0.29) is 46.0 Å². The van der Waals surface area contributed by atoms with E-state index < -0.39 is 11.0 Å². The summed E-state index contributed by atoms with van der Waals surface area (Å²) in [4.78, 5) is 36.0. The van der Waals surface area contributed by atoms with Gasteiger partial charge in [-0.3, -0.25) is 19.9 Å². The van der Waals surface area contributed by atoms with E-state index in [1.807, 2.05) is 0 Å². The third kappa shape index (κ3) is 4.17. The number of urea groups is 1. The second-order valence-electron chi connectivity index (χ2n) is 7.41. The fraction of sp³-hybridized carbons (Fsp3) is 0.227. The SMILES string of the molecule is COc1cc(OC)c(Cl)c(N2Cc3cnc(C)nc3N(Cc3cccc([N+](=O)[O-])c3)C2=O)c1Cl. The maximum Gasteiger partial charge on any atom is 0.330 e. The van der Waals surface area contributed by atoms with Crippen LogP contribution in [-0.2, 0) is 13.1 Å². The lowest BCUT2D eigenvalue weighted by atomic mass is 10.1. The Morgan fingerprint density at radius 1 is 1.15 bits per heavy atom. The van der Waals surface area contributed by atoms with Gasteiger partial charge < -0.3 is 9.47 Å². The number of fused-ring (bicyclic) bond motifs is 1. The van der Waals surface area contributed by atoms with E-state index in [4.69, 9.17) is 32.7 Å². The lowest BCUT2D eigenvalue weighted by Crippen LogP contribution is -2.48. The van der Waals surface area contributed by atoms with E-state index in [0.29, 0.717) is 22.8 Å². The van der Waals surface area contributed by atoms with Gasteiger partial charge in [0.15, 0.2) is 0 Å². The van der Waals surface area contributed by atoms with Gasteiger partial charge in [-0.15, -0.1) is 0 Å². The van der Waals surface area contributed by atoms with Gasteiger partial charge in [0, 0.05) is 30.0 Å². The largest absolute Gasteiger partial charge is 0.495 e. The number of ether oxygens (including phenoxy) is 2. The number of aryl methyl sites for hydroxylation is 1. The topological polar surface area (TPSA) is 111 Å². The first kappa shape index (κ1) is 23.5. The molecule has 10 nitrogen and oxygen atoms in total. The van der Waals surface area contributed by atoms with Crippen molar-refractivity contribution in [3.8, 4) is 11.5 Å². The number of hydrogen-bond acceptors (Lipinski definition) is 7. The van der Waals surface area contributed by atoms with Crippen LogP contribution in [0.25, 0.3) is 0 Å². The zero-order chi connectivity index (χ0) is 24.6. The van der Waals surface area contributed by atoms with E-state index in [2.05, 4.69) is 9.97 Å². The molecule has 0 saturated carbocycles. The fourth-order valence-electron chi connectivity index (χ4n) is 3.68. The van der Waals surface area contributed by atoms with Crippen LogP contribution >= 0.6 is 23.2 Å². The van der Waals surface area contributed by atoms with Gasteiger partial charge in [-0.25, -0.2) is 14.8 Å². The molecular weight excluding hydrogens is 485 g/mol. The summed E-state index contributed by atoms with van der Waals surface area (Å²) in [5, 5.41) is 11.5. The van der Waals surface area contributed by atoms with Gasteiger partial charge in [-0.2, -0.15) is 0 Å². The number of benzene rings is 2. The number of carbonyl (C=O) groups excluding carboxylic acids is 1. The van der Waals surface area contributed by atoms with Gasteiger partial charge in [-0.05, 0) is 12.5 Å². The predicted molar refractivity (Wildman–Crippen MR) is 127 cm³/mol. The van der Waals surface area contributed by atoms with Crippen molar-refractivity contribution in [2.75, 3.05) is 24.0 Å². The molecule has 0 fully saturated rings. The summed E-state index contributed by atoms with van der Waals surface area (Å²) in [6.45, 7) is 1.83. The lowest BCUT2D eigenvalue weighted by Gasteiger charge is -2.37. The molecule has 2 amide bonds. The molecule has 34 heavy (non-hydrogen) atoms. The standard InChI is InChI=1S/C22H19Cl2N5O5/c1-12-25-9-14-11-27(20-18(23)16(33-2)8-17(34-3)19(20)24)22(30)28(21(14)26-12)10-13-5-4-6-15(7-13)29(31)32/h4-9H,10-11H2,1-3H3. The Bertz CT molecular complexity index is 1270. The van der Waals surface area contributed by atoms with Crippen molar-refractivity contribution in [1.82, 2.24) is 9.97 Å². The average molecular weight is 504 g/mol. The van der Waals surface area contributed by atoms with E-state index in [0.717, 1.165) is 0 Å². The van der Waals surface area contributed by atoms with Gasteiger partial charge in [0.05, 0.1) is 37.9 Å². The molecule has 2 heterocycles. The lowest BCUT2D eigenvalue weighted by molar-refractivity contribution is -0.384. The van der Waals surface area contributed by atoms with Crippen LogP contribution in [0.1, 0.15) is 17.0 Å². The van der Waals surface area contributed by atoms with E-state index in [1.54, 1.807) is 25.3 Å². The van der Waals surface area contributed by atoms with Gasteiger partial charge >= 0.3 is 6.03 Å². The molecule has 0 bridgehead atoms. The van der Waals surface area contributed by atoms with Crippen LogP contribution in [0, 0.1) is 17.0 Å². The van der Waals surface area contributed by atoms with Crippen LogP contribution in [0.3, 0.4) is 0 Å². The number of methoxy groups -OCH3 is 2. The molecule has 1 aliphatic rings. The number of anilines is 2. The molecule has 1 aliphatic heterocycles. The van der Waals surface area contributed by atoms with E-state index in [9.17, 15) is 14.9 Å². The van der Waals surface area contributed by atoms with Gasteiger partial charge in [-0.1, -0.05) is 35.3 Å². The molecule has 0 N–H and O–H groups in total. The summed E-state index contributed by atoms with van der Waals surface area (Å²) in [6, 6.07) is 7.11. The molecule has 0 atom stereocenters. The molecule has 3 aromatic rings. The summed E-state index contributed by atoms with van der Waals surface area (Å²) in [5.41, 5.74) is 1.32. The highest BCUT2D eigenvalue weighted by molar-refractivity contribution is 6.42. The summed E-state index contributed by atoms with van der Waals surface area (Å²) in [6.07, 6.45) is 1.62. The predicted octanol–water partition coefficient (Wildman–Crippen LogP) is 5.16. The quantitative estimate of drug-likeness (QED) is 0.337. The Balaban J connectivity index is 1.85. The highest BCUT2D eigenvalue weighted by Crippen LogP contribution is 2.48. The summed E-state index contributed by atoms with van der Waals surface area (Å²) in [7, 11) is 2.88. The summed E-state index contributed by atoms with van der Waals surface area (Å²) < 4.78 is 10.7. The zero-order valence-electron chi connectivity index (χ0n) is 18.4. The first-order valence-electron chi connectivity index (χ1n) is 10.00. The molecule has 0 saturated heterocycles. The number of aromatic nitrogens is 2. The minimum atomic E-state index is -0.490. The zero-order valence-corrected chi connectivity index (χ0v) is 19.9. The first-order chi connectivity index (χ1) is 16.2. The monoisotopic (exact) mass is 503 g/mol. The molecule has 0 aliphatic carbocycles. The van der Waals surface area contributed by atoms with Crippen molar-refractivity contribution in [2.45, 2.75) is 20.0 Å². The van der Waals surface area contributed by atoms with Crippen molar-refractivity contribution < 1.29 is 19.2 Å². The number of nitro groups is 1. The molecule has 0 radical (unpaired) electrons. The third-order valence-corrected chi connectivity index (χ3v) is 6.02. The molecule has 0 unspecified atom stereocenters. The molecule has 176 valence electrons. The molecular formula is C22H19Cl2N5O5. The number of nitrogens with zero attached hydrogens (tertiary/aromatic N) is 5. The number of hydrogen-bond donors (Lipinski definition) is 0. The van der Waals surface area contributed by atoms with Crippen LogP contribution in [0.4, 0.5) is 22.0 Å². The molecule has 2 aromatic carbocycles. The Kier molecular flexibility index (Phi) is 6.45. The van der Waals surface area contributed by atoms with Crippen molar-refractivity contribution >= 4 is 46.4 Å². The molecule has 1 aromatic heterocycles. The highest BCUT2D eigenvalue weighted by atomic mass is 35.5. The Labute approximate surface area is 204 Å². The van der Waals surface area contributed by atoms with E-state index >= 15 is 0 Å². The highest BCUT2D eigenvalue weighted by Gasteiger charge is 2.36. The summed E-state index contributed by atoms with van der Waals surface area (Å²) in [5.74, 6) is 1.44. The molecule has 0 spiro atoms. The van der Waals surface area contributed by atoms with Crippen LogP contribution in [-0.4, -0.2) is 35.1 Å². The van der Waals surface area contributed by atoms with Crippen molar-refractivity contribution in [2.24, 2.45) is 0 Å². The van der Waals surface area contributed by atoms with E-state index in [1.165, 1.54) is 42.2 Å². The Morgan fingerprint density at radius 3 is 2.44 bits per heavy atom. The Morgan fingerprint density at radius 2 is 1.82 bits per heavy atom. The van der Waals surface area contributed by atoms with Gasteiger partial charge in [0.1, 0.15) is 33.2 Å². The minimum absolute atomic E-state index is 0.0246. The van der Waals surface area contributed by atoms with Crippen LogP contribution in [0.5, 0.6) is 11.5 Å². The maximum atomic E-state index is 13.8. The number of nitro benzene ring substituents is 1. The van der Waals surface area contributed by atoms with Crippen LogP contribution in [0.15, 0.2) is 36.5 Å². The summed E-state index contributed by atoms with van der Waals surface area (Å²) >= 11 is 13.1. The maximum absolute atomic E-state index is 13.8. The van der Waals surface area contributed by atoms with Crippen molar-refractivity contribution in [3.63, 3.8) is 0 Å². The average Bonchev–Trinajstić information content (AvgIpc) is 2.82. The smallest absolute Gasteiger partial charge is 0.330 e. The van der Waals surface area contributed by atoms with Crippen molar-refractivity contribution in [3.05, 3.63) is 73.6 Å². The van der Waals surface area contributed by atoms with Crippen molar-refractivity contribution in [1.29, 1.82) is 0 Å². The number of amides is 2. The fourth-order valence-corrected chi connectivity index (χ4v) is 4.39. The molecule has 12 heteroatoms. The number of carbonyl (C=O) groups is 1. The number of rotatable bonds is 6. The second kappa shape index (κ2) is 9.32. The van der Waals surface area contributed by atoms with Gasteiger partial charge in [0.2, 0.25) is 0 Å². The number of halogens is 2. The van der Waals surface area contributed by atoms with Crippen LogP contribution < -0.4 is 19.3 Å². The first-order valence-corrected chi connectivity index (χ1v) is 10.8.